The number of fused-ring (bicyclic) bond motifs is 1. The maximum Gasteiger partial charge on any atom is 0.258 e. The summed E-state index contributed by atoms with van der Waals surface area (Å²) in [6.07, 6.45) is 1.81. The van der Waals surface area contributed by atoms with E-state index in [4.69, 9.17) is 23.2 Å². The Bertz CT molecular complexity index is 1420. The lowest BCUT2D eigenvalue weighted by atomic mass is 10.0. The minimum absolute atomic E-state index is 0. The number of carbonyl (C=O) groups excluding carboxylic acids is 1. The van der Waals surface area contributed by atoms with Gasteiger partial charge in [0.15, 0.2) is 0 Å². The van der Waals surface area contributed by atoms with Crippen LogP contribution in [0.15, 0.2) is 72.8 Å². The Morgan fingerprint density at radius 1 is 1.09 bits per heavy atom. The van der Waals surface area contributed by atoms with Crippen LogP contribution in [0.5, 0.6) is 0 Å². The number of carbonyl (C=O) groups is 1. The van der Waals surface area contributed by atoms with E-state index >= 15 is 0 Å². The summed E-state index contributed by atoms with van der Waals surface area (Å²) in [4.78, 5) is 17.2. The molecular weight excluding hydrogens is 512 g/mol. The minimum atomic E-state index is -0.701. The summed E-state index contributed by atoms with van der Waals surface area (Å²) < 4.78 is 16.4. The van der Waals surface area contributed by atoms with Crippen LogP contribution in [-0.4, -0.2) is 20.7 Å². The lowest BCUT2D eigenvalue weighted by Gasteiger charge is -2.25. The molecule has 0 bridgehead atoms. The van der Waals surface area contributed by atoms with Crippen LogP contribution < -0.4 is 10.6 Å². The molecule has 1 aliphatic heterocycles. The number of rotatable bonds is 4. The highest BCUT2D eigenvalue weighted by Gasteiger charge is 2.29. The summed E-state index contributed by atoms with van der Waals surface area (Å²) in [5.41, 5.74) is 3.19. The van der Waals surface area contributed by atoms with Gasteiger partial charge in [0, 0.05) is 26.9 Å². The summed E-state index contributed by atoms with van der Waals surface area (Å²) in [5.74, 6) is -0.413. The van der Waals surface area contributed by atoms with E-state index < -0.39 is 11.9 Å². The van der Waals surface area contributed by atoms with Crippen molar-refractivity contribution in [2.45, 2.75) is 13.0 Å². The summed E-state index contributed by atoms with van der Waals surface area (Å²) in [7, 11) is 0. The molecule has 1 aliphatic rings. The number of hydrogen-bond donors (Lipinski definition) is 2. The first-order chi connectivity index (χ1) is 16.4. The molecule has 6 nitrogen and oxygen atoms in total. The van der Waals surface area contributed by atoms with Crippen LogP contribution in [0.3, 0.4) is 0 Å². The Morgan fingerprint density at radius 3 is 2.54 bits per heavy atom. The van der Waals surface area contributed by atoms with Gasteiger partial charge in [0.25, 0.3) is 11.9 Å². The first kappa shape index (κ1) is 24.7. The fraction of sp³-hybridized carbons (Fsp3) is 0.0800. The summed E-state index contributed by atoms with van der Waals surface area (Å²) >= 11 is 12.4. The molecule has 178 valence electrons. The van der Waals surface area contributed by atoms with Gasteiger partial charge in [0.2, 0.25) is 5.95 Å². The van der Waals surface area contributed by atoms with Crippen molar-refractivity contribution in [3.05, 3.63) is 111 Å². The average molecular weight is 531 g/mol. The monoisotopic (exact) mass is 529 g/mol. The number of hydrogen-bond acceptors (Lipinski definition) is 4. The van der Waals surface area contributed by atoms with Crippen molar-refractivity contribution >= 4 is 59.1 Å². The van der Waals surface area contributed by atoms with Gasteiger partial charge >= 0.3 is 0 Å². The second kappa shape index (κ2) is 10.1. The van der Waals surface area contributed by atoms with Gasteiger partial charge < -0.3 is 5.32 Å². The van der Waals surface area contributed by atoms with Crippen molar-refractivity contribution in [1.82, 2.24) is 14.8 Å². The second-order valence-corrected chi connectivity index (χ2v) is 8.66. The molecule has 4 aromatic rings. The van der Waals surface area contributed by atoms with E-state index in [2.05, 4.69) is 20.7 Å². The van der Waals surface area contributed by atoms with Crippen LogP contribution in [0.2, 0.25) is 10.0 Å². The van der Waals surface area contributed by atoms with E-state index in [-0.39, 0.29) is 34.8 Å². The zero-order valence-corrected chi connectivity index (χ0v) is 20.6. The number of aryl methyl sites for hydroxylation is 1. The second-order valence-electron chi connectivity index (χ2n) is 7.82. The molecule has 35 heavy (non-hydrogen) atoms. The molecule has 1 atom stereocenters. The van der Waals surface area contributed by atoms with E-state index in [9.17, 15) is 9.18 Å². The van der Waals surface area contributed by atoms with E-state index in [1.165, 1.54) is 10.7 Å². The van der Waals surface area contributed by atoms with Crippen LogP contribution >= 0.6 is 35.6 Å². The molecule has 0 radical (unpaired) electrons. The normalized spacial score (nSPS) is 14.3. The first-order valence-electron chi connectivity index (χ1n) is 10.4. The predicted octanol–water partition coefficient (Wildman–Crippen LogP) is 6.76. The van der Waals surface area contributed by atoms with Crippen molar-refractivity contribution in [2.75, 3.05) is 10.6 Å². The van der Waals surface area contributed by atoms with Crippen LogP contribution in [-0.2, 0) is 0 Å². The number of benzene rings is 3. The lowest BCUT2D eigenvalue weighted by molar-refractivity contribution is 0.102. The highest BCUT2D eigenvalue weighted by molar-refractivity contribution is 6.31. The number of amides is 1. The van der Waals surface area contributed by atoms with Gasteiger partial charge in [-0.25, -0.2) is 9.07 Å². The number of aromatic nitrogens is 3. The molecule has 1 unspecified atom stereocenters. The van der Waals surface area contributed by atoms with Gasteiger partial charge in [0.05, 0.1) is 0 Å². The van der Waals surface area contributed by atoms with Gasteiger partial charge in [-0.2, -0.15) is 4.98 Å². The van der Waals surface area contributed by atoms with Crippen LogP contribution in [0.4, 0.5) is 16.3 Å². The van der Waals surface area contributed by atoms with Crippen molar-refractivity contribution in [2.24, 2.45) is 0 Å². The number of anilines is 2. The fourth-order valence-corrected chi connectivity index (χ4v) is 4.20. The molecule has 0 saturated heterocycles. The maximum atomic E-state index is 14.9. The zero-order valence-electron chi connectivity index (χ0n) is 18.3. The first-order valence-corrected chi connectivity index (χ1v) is 11.2. The Labute approximate surface area is 217 Å². The fourth-order valence-electron chi connectivity index (χ4n) is 3.80. The minimum Gasteiger partial charge on any atom is -0.324 e. The molecule has 5 rings (SSSR count). The van der Waals surface area contributed by atoms with Gasteiger partial charge in [-0.15, -0.1) is 17.5 Å². The largest absolute Gasteiger partial charge is 0.324 e. The van der Waals surface area contributed by atoms with Crippen molar-refractivity contribution in [3.8, 4) is 0 Å². The van der Waals surface area contributed by atoms with Crippen molar-refractivity contribution in [3.63, 3.8) is 0 Å². The van der Waals surface area contributed by atoms with Gasteiger partial charge in [-0.1, -0.05) is 59.1 Å². The molecule has 0 fully saturated rings. The molecule has 1 aromatic heterocycles. The standard InChI is InChI=1S/C25H18Cl2FN5O.ClH/c1-14-4-2-5-16(12-14)23(34)30-24-31-25-29-20(15-8-10-17(26)11-9-15)13-21(33(25)32-24)22-18(27)6-3-7-19(22)28;/h2-13,21H,1H3,(H2,29,30,31,32,34);1H. The number of nitrogens with zero attached hydrogens (tertiary/aromatic N) is 3. The van der Waals surface area contributed by atoms with E-state index in [1.54, 1.807) is 48.5 Å². The Kier molecular flexibility index (Phi) is 7.12. The molecular formula is C25H19Cl3FN5O. The molecule has 3 aromatic carbocycles. The third-order valence-corrected chi connectivity index (χ3v) is 6.00. The molecule has 0 spiro atoms. The van der Waals surface area contributed by atoms with E-state index in [1.807, 2.05) is 25.1 Å². The Morgan fingerprint density at radius 2 is 1.83 bits per heavy atom. The Balaban J connectivity index is 0.00000289. The average Bonchev–Trinajstić information content (AvgIpc) is 3.22. The SMILES string of the molecule is Cc1cccc(C(=O)Nc2nc3n(n2)C(c2c(F)cccc2Cl)C=C(c2ccc(Cl)cc2)N3)c1.Cl. The van der Waals surface area contributed by atoms with Crippen LogP contribution in [0.25, 0.3) is 5.70 Å². The molecule has 0 saturated carbocycles. The van der Waals surface area contributed by atoms with Crippen molar-refractivity contribution < 1.29 is 9.18 Å². The Hall–Kier alpha value is -3.39. The lowest BCUT2D eigenvalue weighted by Crippen LogP contribution is -2.21. The molecule has 2 heterocycles. The topological polar surface area (TPSA) is 71.8 Å². The van der Waals surface area contributed by atoms with Gasteiger partial charge in [0.1, 0.15) is 11.9 Å². The van der Waals surface area contributed by atoms with E-state index in [0.29, 0.717) is 22.2 Å². The third kappa shape index (κ3) is 5.03. The number of allylic oxidation sites excluding steroid dienone is 1. The highest BCUT2D eigenvalue weighted by Crippen LogP contribution is 2.37. The predicted molar refractivity (Wildman–Crippen MR) is 139 cm³/mol. The summed E-state index contributed by atoms with van der Waals surface area (Å²) in [6, 6.07) is 18.2. The zero-order chi connectivity index (χ0) is 23.8. The van der Waals surface area contributed by atoms with Gasteiger partial charge in [-0.05, 0) is 55.0 Å². The van der Waals surface area contributed by atoms with Crippen molar-refractivity contribution in [1.29, 1.82) is 0 Å². The smallest absolute Gasteiger partial charge is 0.258 e. The van der Waals surface area contributed by atoms with Gasteiger partial charge in [-0.3, -0.25) is 10.1 Å². The van der Waals surface area contributed by atoms with Crippen LogP contribution in [0.1, 0.15) is 33.1 Å². The number of nitrogens with one attached hydrogen (secondary N) is 2. The highest BCUT2D eigenvalue weighted by atomic mass is 35.5. The summed E-state index contributed by atoms with van der Waals surface area (Å²) in [6.45, 7) is 1.90. The number of halogens is 4. The molecule has 2 N–H and O–H groups in total. The maximum absolute atomic E-state index is 14.9. The van der Waals surface area contributed by atoms with Crippen LogP contribution in [0, 0.1) is 12.7 Å². The molecule has 10 heteroatoms. The molecule has 1 amide bonds. The third-order valence-electron chi connectivity index (χ3n) is 5.42. The molecule has 0 aliphatic carbocycles. The van der Waals surface area contributed by atoms with E-state index in [0.717, 1.165) is 11.1 Å². The summed E-state index contributed by atoms with van der Waals surface area (Å²) in [5, 5.41) is 11.2. The quantitative estimate of drug-likeness (QED) is 0.306.